The summed E-state index contributed by atoms with van der Waals surface area (Å²) < 4.78 is 6.23. The number of aliphatic hydroxyl groups is 1. The Balaban J connectivity index is 2.46. The van der Waals surface area contributed by atoms with Crippen LogP contribution in [-0.2, 0) is 6.42 Å². The summed E-state index contributed by atoms with van der Waals surface area (Å²) >= 11 is 3.41. The van der Waals surface area contributed by atoms with Crippen molar-refractivity contribution in [2.24, 2.45) is 0 Å². The van der Waals surface area contributed by atoms with E-state index in [2.05, 4.69) is 21.2 Å². The van der Waals surface area contributed by atoms with Crippen molar-refractivity contribution in [3.8, 4) is 5.75 Å². The van der Waals surface area contributed by atoms with Crippen molar-refractivity contribution in [1.82, 2.24) is 0 Å². The molecule has 0 fully saturated rings. The highest BCUT2D eigenvalue weighted by atomic mass is 79.9. The van der Waals surface area contributed by atoms with Crippen LogP contribution in [0.25, 0.3) is 0 Å². The average Bonchev–Trinajstić information content (AvgIpc) is 2.15. The second-order valence-corrected chi connectivity index (χ2v) is 4.30. The van der Waals surface area contributed by atoms with Crippen molar-refractivity contribution in [2.75, 3.05) is 19.0 Å². The topological polar surface area (TPSA) is 41.5 Å². The highest BCUT2D eigenvalue weighted by Crippen LogP contribution is 2.35. The molecule has 0 spiro atoms. The van der Waals surface area contributed by atoms with Crippen LogP contribution < -0.4 is 10.1 Å². The van der Waals surface area contributed by atoms with Crippen LogP contribution in [0.3, 0.4) is 0 Å². The van der Waals surface area contributed by atoms with Crippen molar-refractivity contribution in [2.45, 2.75) is 12.5 Å². The number of ether oxygens (including phenoxy) is 1. The molecule has 1 unspecified atom stereocenters. The summed E-state index contributed by atoms with van der Waals surface area (Å²) in [6.07, 6.45) is 0.375. The number of nitrogens with one attached hydrogen (secondary N) is 1. The molecule has 1 atom stereocenters. The van der Waals surface area contributed by atoms with E-state index < -0.39 is 0 Å². The minimum Gasteiger partial charge on any atom is -0.495 e. The lowest BCUT2D eigenvalue weighted by Crippen LogP contribution is -2.27. The number of halogens is 1. The molecule has 1 aliphatic heterocycles. The number of aliphatic hydroxyl groups excluding tert-OH is 1. The van der Waals surface area contributed by atoms with Gasteiger partial charge in [0.25, 0.3) is 0 Å². The first kappa shape index (κ1) is 9.80. The van der Waals surface area contributed by atoms with Crippen LogP contribution in [-0.4, -0.2) is 24.9 Å². The lowest BCUT2D eigenvalue weighted by Gasteiger charge is -2.24. The lowest BCUT2D eigenvalue weighted by atomic mass is 10.0. The van der Waals surface area contributed by atoms with Gasteiger partial charge in [0.1, 0.15) is 5.75 Å². The van der Waals surface area contributed by atoms with Crippen molar-refractivity contribution in [3.05, 3.63) is 22.2 Å². The highest BCUT2D eigenvalue weighted by molar-refractivity contribution is 9.10. The van der Waals surface area contributed by atoms with Gasteiger partial charge in [-0.05, 0) is 17.7 Å². The Labute approximate surface area is 91.2 Å². The second-order valence-electron chi connectivity index (χ2n) is 3.38. The average molecular weight is 258 g/mol. The minimum absolute atomic E-state index is 0.304. The van der Waals surface area contributed by atoms with Crippen molar-refractivity contribution < 1.29 is 9.84 Å². The van der Waals surface area contributed by atoms with Gasteiger partial charge in [0, 0.05) is 17.4 Å². The Hall–Kier alpha value is -0.740. The molecule has 14 heavy (non-hydrogen) atoms. The van der Waals surface area contributed by atoms with Crippen molar-refractivity contribution >= 4 is 21.6 Å². The van der Waals surface area contributed by atoms with Crippen LogP contribution in [0.2, 0.25) is 0 Å². The molecule has 4 heteroatoms. The molecule has 1 aromatic carbocycles. The molecule has 3 nitrogen and oxygen atoms in total. The van der Waals surface area contributed by atoms with Gasteiger partial charge < -0.3 is 15.2 Å². The molecular formula is C10H12BrNO2. The molecule has 1 heterocycles. The molecule has 1 aromatic rings. The van der Waals surface area contributed by atoms with Gasteiger partial charge in [0.2, 0.25) is 0 Å². The molecule has 0 aliphatic carbocycles. The van der Waals surface area contributed by atoms with Gasteiger partial charge in [0.05, 0.1) is 18.9 Å². The SMILES string of the molecule is COc1cc(Br)cc2c1NCC(O)C2. The van der Waals surface area contributed by atoms with E-state index in [9.17, 15) is 5.11 Å². The predicted molar refractivity (Wildman–Crippen MR) is 58.9 cm³/mol. The maximum Gasteiger partial charge on any atom is 0.143 e. The maximum absolute atomic E-state index is 9.49. The number of methoxy groups -OCH3 is 1. The van der Waals surface area contributed by atoms with Gasteiger partial charge in [-0.25, -0.2) is 0 Å². The van der Waals surface area contributed by atoms with Crippen LogP contribution in [0.4, 0.5) is 5.69 Å². The molecule has 0 amide bonds. The number of hydrogen-bond acceptors (Lipinski definition) is 3. The maximum atomic E-state index is 9.49. The second kappa shape index (κ2) is 3.79. The Morgan fingerprint density at radius 2 is 2.36 bits per heavy atom. The van der Waals surface area contributed by atoms with E-state index in [4.69, 9.17) is 4.74 Å². The van der Waals surface area contributed by atoms with E-state index in [1.165, 1.54) is 0 Å². The number of anilines is 1. The van der Waals surface area contributed by atoms with Gasteiger partial charge in [-0.1, -0.05) is 15.9 Å². The quantitative estimate of drug-likeness (QED) is 0.806. The summed E-state index contributed by atoms with van der Waals surface area (Å²) in [5.74, 6) is 0.821. The van der Waals surface area contributed by atoms with Gasteiger partial charge in [-0.15, -0.1) is 0 Å². The van der Waals surface area contributed by atoms with Crippen LogP contribution >= 0.6 is 15.9 Å². The fraction of sp³-hybridized carbons (Fsp3) is 0.400. The molecule has 0 aromatic heterocycles. The summed E-state index contributed by atoms with van der Waals surface area (Å²) in [4.78, 5) is 0. The summed E-state index contributed by atoms with van der Waals surface area (Å²) in [5, 5.41) is 12.7. The molecule has 1 aliphatic rings. The molecule has 0 saturated heterocycles. The highest BCUT2D eigenvalue weighted by Gasteiger charge is 2.19. The van der Waals surface area contributed by atoms with E-state index in [1.807, 2.05) is 12.1 Å². The van der Waals surface area contributed by atoms with Crippen LogP contribution in [0.15, 0.2) is 16.6 Å². The number of benzene rings is 1. The van der Waals surface area contributed by atoms with E-state index in [1.54, 1.807) is 7.11 Å². The molecular weight excluding hydrogens is 246 g/mol. The Morgan fingerprint density at radius 1 is 1.57 bits per heavy atom. The van der Waals surface area contributed by atoms with E-state index in [0.29, 0.717) is 13.0 Å². The lowest BCUT2D eigenvalue weighted by molar-refractivity contribution is 0.184. The zero-order valence-corrected chi connectivity index (χ0v) is 9.47. The molecule has 0 saturated carbocycles. The molecule has 2 N–H and O–H groups in total. The van der Waals surface area contributed by atoms with Crippen molar-refractivity contribution in [1.29, 1.82) is 0 Å². The third-order valence-electron chi connectivity index (χ3n) is 2.34. The van der Waals surface area contributed by atoms with E-state index >= 15 is 0 Å². The molecule has 0 radical (unpaired) electrons. The summed E-state index contributed by atoms with van der Waals surface area (Å²) in [7, 11) is 1.65. The van der Waals surface area contributed by atoms with Crippen LogP contribution in [0.1, 0.15) is 5.56 Å². The molecule has 2 rings (SSSR count). The van der Waals surface area contributed by atoms with E-state index in [0.717, 1.165) is 21.5 Å². The zero-order chi connectivity index (χ0) is 10.1. The summed E-state index contributed by atoms with van der Waals surface area (Å²) in [6.45, 7) is 0.588. The first-order valence-electron chi connectivity index (χ1n) is 4.49. The fourth-order valence-electron chi connectivity index (χ4n) is 1.70. The first-order valence-corrected chi connectivity index (χ1v) is 5.28. The van der Waals surface area contributed by atoms with Crippen molar-refractivity contribution in [3.63, 3.8) is 0 Å². The van der Waals surface area contributed by atoms with Crippen LogP contribution in [0.5, 0.6) is 5.75 Å². The number of hydrogen-bond donors (Lipinski definition) is 2. The van der Waals surface area contributed by atoms with Gasteiger partial charge in [-0.2, -0.15) is 0 Å². The summed E-state index contributed by atoms with van der Waals surface area (Å²) in [6, 6.07) is 3.93. The molecule has 0 bridgehead atoms. The van der Waals surface area contributed by atoms with Gasteiger partial charge >= 0.3 is 0 Å². The van der Waals surface area contributed by atoms with Crippen LogP contribution in [0, 0.1) is 0 Å². The predicted octanol–water partition coefficient (Wildman–Crippen LogP) is 1.79. The van der Waals surface area contributed by atoms with Gasteiger partial charge in [-0.3, -0.25) is 0 Å². The Morgan fingerprint density at radius 3 is 3.07 bits per heavy atom. The monoisotopic (exact) mass is 257 g/mol. The van der Waals surface area contributed by atoms with Gasteiger partial charge in [0.15, 0.2) is 0 Å². The first-order chi connectivity index (χ1) is 6.70. The number of fused-ring (bicyclic) bond motifs is 1. The van der Waals surface area contributed by atoms with E-state index in [-0.39, 0.29) is 6.10 Å². The smallest absolute Gasteiger partial charge is 0.143 e. The Bertz CT molecular complexity index is 354. The fourth-order valence-corrected chi connectivity index (χ4v) is 2.19. The normalized spacial score (nSPS) is 19.8. The Kier molecular flexibility index (Phi) is 2.65. The molecule has 76 valence electrons. The number of rotatable bonds is 1. The zero-order valence-electron chi connectivity index (χ0n) is 7.88. The third kappa shape index (κ3) is 1.72. The largest absolute Gasteiger partial charge is 0.495 e. The minimum atomic E-state index is -0.304. The third-order valence-corrected chi connectivity index (χ3v) is 2.80. The number of β-amino-alcohol motifs (C(OH)–C–C–N with tert-alkyl or cyclic N) is 1. The summed E-state index contributed by atoms with van der Waals surface area (Å²) in [5.41, 5.74) is 2.09. The standard InChI is InChI=1S/C10H12BrNO2/c1-14-9-4-7(11)2-6-3-8(13)5-12-10(6)9/h2,4,8,12-13H,3,5H2,1H3.